The molecule has 0 nitrogen and oxygen atoms in total. The predicted octanol–water partition coefficient (Wildman–Crippen LogP) is -6.32. The van der Waals surface area contributed by atoms with Crippen LogP contribution in [0.4, 0.5) is 0 Å². The van der Waals surface area contributed by atoms with E-state index in [0.29, 0.717) is 0 Å². The second kappa shape index (κ2) is 9.56. The van der Waals surface area contributed by atoms with Crippen LogP contribution in [0.3, 0.4) is 0 Å². The van der Waals surface area contributed by atoms with Crippen LogP contribution in [0.1, 0.15) is 0 Å². The largest absolute Gasteiger partial charge is 4.00 e. The summed E-state index contributed by atoms with van der Waals surface area (Å²) in [7, 11) is 0.844. The van der Waals surface area contributed by atoms with Crippen molar-refractivity contribution in [3.05, 3.63) is 36.1 Å². The number of halogens is 3. The van der Waals surface area contributed by atoms with E-state index in [1.54, 1.807) is 0 Å². The van der Waals surface area contributed by atoms with Crippen LogP contribution in [-0.2, 0) is 26.2 Å². The molecule has 0 saturated heterocycles. The van der Waals surface area contributed by atoms with Crippen molar-refractivity contribution >= 4 is 18.7 Å². The van der Waals surface area contributed by atoms with Crippen molar-refractivity contribution < 1.29 is 63.4 Å². The van der Waals surface area contributed by atoms with Gasteiger partial charge < -0.3 is 37.2 Å². The Hall–Kier alpha value is 1.01. The number of rotatable bonds is 0. The van der Waals surface area contributed by atoms with Gasteiger partial charge in [-0.15, -0.1) is 23.0 Å². The van der Waals surface area contributed by atoms with Crippen LogP contribution < -0.4 is 37.2 Å². The fraction of sp³-hybridized carbons (Fsp3) is 0. The first-order chi connectivity index (χ1) is 4.47. The third-order valence-corrected chi connectivity index (χ3v) is 2.42. The maximum atomic E-state index is 3.19. The van der Waals surface area contributed by atoms with E-state index in [4.69, 9.17) is 0 Å². The molecule has 1 atom stereocenters. The molecule has 0 spiro atoms. The number of hydrogen-bond acceptors (Lipinski definition) is 0. The number of fused-ring (bicyclic) bond motifs is 1. The van der Waals surface area contributed by atoms with Gasteiger partial charge in [-0.1, -0.05) is 6.07 Å². The third-order valence-electron chi connectivity index (χ3n) is 1.38. The summed E-state index contributed by atoms with van der Waals surface area (Å²) in [4.78, 5) is 0. The van der Waals surface area contributed by atoms with E-state index in [0.717, 1.165) is 8.19 Å². The van der Waals surface area contributed by atoms with Gasteiger partial charge in [0.05, 0.1) is 0 Å². The third kappa shape index (κ3) is 4.86. The van der Waals surface area contributed by atoms with Crippen molar-refractivity contribution in [2.75, 3.05) is 0 Å². The van der Waals surface area contributed by atoms with Crippen molar-refractivity contribution in [3.8, 4) is 0 Å². The quantitative estimate of drug-likeness (QED) is 0.422. The van der Waals surface area contributed by atoms with Gasteiger partial charge in [0.25, 0.3) is 0 Å². The van der Waals surface area contributed by atoms with Gasteiger partial charge in [-0.2, -0.15) is 17.5 Å². The van der Waals surface area contributed by atoms with E-state index in [1.807, 2.05) is 0 Å². The molecule has 68 valence electrons. The van der Waals surface area contributed by atoms with Crippen molar-refractivity contribution in [2.45, 2.75) is 0 Å². The summed E-state index contributed by atoms with van der Waals surface area (Å²) >= 11 is 0. The van der Waals surface area contributed by atoms with Gasteiger partial charge in [-0.05, 0) is 0 Å². The molecule has 5 heteroatoms. The summed E-state index contributed by atoms with van der Waals surface area (Å²) in [5, 5.41) is 2.70. The first-order valence-corrected chi connectivity index (χ1v) is 3.98. The second-order valence-corrected chi connectivity index (χ2v) is 3.09. The summed E-state index contributed by atoms with van der Waals surface area (Å²) in [6.07, 6.45) is 0. The Balaban J connectivity index is -0.000000250. The zero-order valence-electron chi connectivity index (χ0n) is 6.52. The molecule has 0 saturated carbocycles. The first kappa shape index (κ1) is 19.6. The smallest absolute Gasteiger partial charge is 1.00 e. The Morgan fingerprint density at radius 1 is 1.00 bits per heavy atom. The molecule has 1 aromatic heterocycles. The molecule has 0 fully saturated rings. The fourth-order valence-corrected chi connectivity index (χ4v) is 1.81. The minimum Gasteiger partial charge on any atom is -1.00 e. The summed E-state index contributed by atoms with van der Waals surface area (Å²) in [6, 6.07) is 11.6. The maximum Gasteiger partial charge on any atom is 4.00 e. The summed E-state index contributed by atoms with van der Waals surface area (Å²) in [5.41, 5.74) is 0. The molecule has 1 heterocycles. The van der Waals surface area contributed by atoms with Crippen LogP contribution in [0.2, 0.25) is 0 Å². The van der Waals surface area contributed by atoms with Gasteiger partial charge in [-0.3, -0.25) is 0 Å². The molecule has 1 unspecified atom stereocenters. The molecule has 0 aliphatic heterocycles. The van der Waals surface area contributed by atoms with E-state index < -0.39 is 0 Å². The fourth-order valence-electron chi connectivity index (χ4n) is 0.926. The number of hydrogen-bond donors (Lipinski definition) is 0. The molecule has 0 aliphatic carbocycles. The zero-order valence-corrected chi connectivity index (χ0v) is 12.2. The molecular formula is C8H6Cl3PZr. The van der Waals surface area contributed by atoms with Gasteiger partial charge in [0, 0.05) is 0 Å². The van der Waals surface area contributed by atoms with Crippen molar-refractivity contribution in [1.29, 1.82) is 0 Å². The Morgan fingerprint density at radius 3 is 2.23 bits per heavy atom. The molecule has 0 aliphatic rings. The van der Waals surface area contributed by atoms with Crippen molar-refractivity contribution in [2.24, 2.45) is 0 Å². The predicted molar refractivity (Wildman–Crippen MR) is 42.3 cm³/mol. The van der Waals surface area contributed by atoms with Crippen molar-refractivity contribution in [3.63, 3.8) is 0 Å². The Bertz CT molecular complexity index is 293. The van der Waals surface area contributed by atoms with Crippen LogP contribution in [-0.4, -0.2) is 0 Å². The normalized spacial score (nSPS) is 7.69. The Morgan fingerprint density at radius 2 is 1.62 bits per heavy atom. The molecule has 0 N–H and O–H groups in total. The first-order valence-electron chi connectivity index (χ1n) is 2.90. The van der Waals surface area contributed by atoms with Gasteiger partial charge in [0.2, 0.25) is 0 Å². The SMILES string of the molecule is [Cl-].[Cl-].[Cl-].[Zr+4].[c-]1c[pH]c2ccccc12. The summed E-state index contributed by atoms with van der Waals surface area (Å²) < 4.78 is 0. The summed E-state index contributed by atoms with van der Waals surface area (Å²) in [5.74, 6) is 2.10. The molecule has 0 radical (unpaired) electrons. The Labute approximate surface area is 117 Å². The monoisotopic (exact) mass is 328 g/mol. The van der Waals surface area contributed by atoms with Crippen LogP contribution in [0, 0.1) is 6.07 Å². The van der Waals surface area contributed by atoms with E-state index in [1.165, 1.54) is 10.5 Å². The van der Waals surface area contributed by atoms with E-state index in [9.17, 15) is 0 Å². The van der Waals surface area contributed by atoms with E-state index in [2.05, 4.69) is 36.1 Å². The minimum atomic E-state index is 0. The number of benzene rings is 1. The van der Waals surface area contributed by atoms with E-state index >= 15 is 0 Å². The average Bonchev–Trinajstić information content (AvgIpc) is 2.33. The molecule has 0 bridgehead atoms. The van der Waals surface area contributed by atoms with Crippen LogP contribution in [0.25, 0.3) is 10.5 Å². The van der Waals surface area contributed by atoms with E-state index in [-0.39, 0.29) is 63.4 Å². The van der Waals surface area contributed by atoms with Crippen LogP contribution in [0.5, 0.6) is 0 Å². The van der Waals surface area contributed by atoms with Crippen LogP contribution >= 0.6 is 8.19 Å². The average molecular weight is 331 g/mol. The molecular weight excluding hydrogens is 325 g/mol. The standard InChI is InChI=1S/C8H6P.3ClH.Zr/c1-2-4-8-7(3-1)5-6-9-8;;;;/h1-4,6,9H;3*1H;/q-1;;;;+4/p-3. The Kier molecular flexibility index (Phi) is 14.4. The molecule has 2 aromatic rings. The van der Waals surface area contributed by atoms with Crippen molar-refractivity contribution in [1.82, 2.24) is 0 Å². The molecule has 2 rings (SSSR count). The summed E-state index contributed by atoms with van der Waals surface area (Å²) in [6.45, 7) is 0. The zero-order chi connectivity index (χ0) is 6.10. The van der Waals surface area contributed by atoms with Gasteiger partial charge in [0.15, 0.2) is 0 Å². The molecule has 13 heavy (non-hydrogen) atoms. The topological polar surface area (TPSA) is 0 Å². The van der Waals surface area contributed by atoms with Gasteiger partial charge >= 0.3 is 26.2 Å². The van der Waals surface area contributed by atoms with Gasteiger partial charge in [0.1, 0.15) is 0 Å². The molecule has 0 amide bonds. The maximum absolute atomic E-state index is 3.19. The minimum absolute atomic E-state index is 0. The second-order valence-electron chi connectivity index (χ2n) is 1.98. The molecule has 1 aromatic carbocycles. The van der Waals surface area contributed by atoms with Gasteiger partial charge in [-0.25, -0.2) is 8.19 Å². The van der Waals surface area contributed by atoms with Crippen LogP contribution in [0.15, 0.2) is 30.1 Å².